The molecule has 3 aromatic rings. The molecule has 0 aliphatic heterocycles. The molecule has 0 atom stereocenters. The number of benzene rings is 2. The van der Waals surface area contributed by atoms with Crippen LogP contribution in [-0.2, 0) is 0 Å². The molecule has 1 heterocycles. The van der Waals surface area contributed by atoms with Gasteiger partial charge in [0.05, 0.1) is 15.9 Å². The number of nitrogens with zero attached hydrogens (tertiary/aromatic N) is 1. The standard InChI is InChI=1S/C14H12BrN3S/c1-8-3-2-4-11(13(8)15)18-14-17-10-6-5-9(16)7-12(10)19-14/h2-7H,16H2,1H3,(H,17,18). The molecule has 3 rings (SSSR count). The van der Waals surface area contributed by atoms with Gasteiger partial charge in [-0.25, -0.2) is 4.98 Å². The van der Waals surface area contributed by atoms with E-state index in [0.717, 1.165) is 31.2 Å². The molecular weight excluding hydrogens is 322 g/mol. The maximum absolute atomic E-state index is 5.78. The van der Waals surface area contributed by atoms with Crippen molar-refractivity contribution in [1.29, 1.82) is 0 Å². The summed E-state index contributed by atoms with van der Waals surface area (Å²) in [4.78, 5) is 4.55. The molecule has 0 unspecified atom stereocenters. The third-order valence-electron chi connectivity index (χ3n) is 2.85. The van der Waals surface area contributed by atoms with Crippen molar-refractivity contribution in [2.75, 3.05) is 11.1 Å². The number of hydrogen-bond acceptors (Lipinski definition) is 4. The molecule has 0 radical (unpaired) electrons. The van der Waals surface area contributed by atoms with E-state index in [-0.39, 0.29) is 0 Å². The number of nitrogens with two attached hydrogens (primary N) is 1. The van der Waals surface area contributed by atoms with Crippen molar-refractivity contribution in [2.45, 2.75) is 6.92 Å². The maximum Gasteiger partial charge on any atom is 0.188 e. The zero-order valence-electron chi connectivity index (χ0n) is 10.3. The largest absolute Gasteiger partial charge is 0.399 e. The predicted molar refractivity (Wildman–Crippen MR) is 86.2 cm³/mol. The molecule has 1 aromatic heterocycles. The summed E-state index contributed by atoms with van der Waals surface area (Å²) in [7, 11) is 0. The molecule has 2 aromatic carbocycles. The first kappa shape index (κ1) is 12.4. The predicted octanol–water partition coefficient (Wildman–Crippen LogP) is 4.69. The van der Waals surface area contributed by atoms with Crippen LogP contribution in [0.1, 0.15) is 5.56 Å². The van der Waals surface area contributed by atoms with Gasteiger partial charge in [0.1, 0.15) is 0 Å². The number of nitrogens with one attached hydrogen (secondary N) is 1. The Morgan fingerprint density at radius 1 is 1.26 bits per heavy atom. The number of hydrogen-bond donors (Lipinski definition) is 2. The van der Waals surface area contributed by atoms with E-state index in [2.05, 4.69) is 39.2 Å². The minimum Gasteiger partial charge on any atom is -0.399 e. The number of nitrogen functional groups attached to an aromatic ring is 1. The second kappa shape index (κ2) is 4.83. The second-order valence-electron chi connectivity index (χ2n) is 4.31. The lowest BCUT2D eigenvalue weighted by Gasteiger charge is -2.07. The van der Waals surface area contributed by atoms with Gasteiger partial charge in [0.25, 0.3) is 0 Å². The van der Waals surface area contributed by atoms with Crippen LogP contribution in [-0.4, -0.2) is 4.98 Å². The molecular formula is C14H12BrN3S. The second-order valence-corrected chi connectivity index (χ2v) is 6.13. The lowest BCUT2D eigenvalue weighted by Crippen LogP contribution is -1.91. The van der Waals surface area contributed by atoms with E-state index >= 15 is 0 Å². The van der Waals surface area contributed by atoms with E-state index in [4.69, 9.17) is 5.73 Å². The Labute approximate surface area is 123 Å². The quantitative estimate of drug-likeness (QED) is 0.668. The first-order valence-corrected chi connectivity index (χ1v) is 7.42. The monoisotopic (exact) mass is 333 g/mol. The van der Waals surface area contributed by atoms with Gasteiger partial charge in [0.2, 0.25) is 0 Å². The maximum atomic E-state index is 5.78. The molecule has 0 aliphatic rings. The van der Waals surface area contributed by atoms with Crippen molar-refractivity contribution in [3.8, 4) is 0 Å². The lowest BCUT2D eigenvalue weighted by molar-refractivity contribution is 1.39. The van der Waals surface area contributed by atoms with Crippen LogP contribution in [0.25, 0.3) is 10.2 Å². The molecule has 0 fully saturated rings. The highest BCUT2D eigenvalue weighted by Crippen LogP contribution is 2.33. The molecule has 0 saturated carbocycles. The Morgan fingerprint density at radius 2 is 2.11 bits per heavy atom. The Morgan fingerprint density at radius 3 is 2.95 bits per heavy atom. The number of halogens is 1. The third-order valence-corrected chi connectivity index (χ3v) is 4.83. The number of rotatable bonds is 2. The lowest BCUT2D eigenvalue weighted by atomic mass is 10.2. The highest BCUT2D eigenvalue weighted by atomic mass is 79.9. The van der Waals surface area contributed by atoms with Crippen LogP contribution in [0.3, 0.4) is 0 Å². The summed E-state index contributed by atoms with van der Waals surface area (Å²) in [6.45, 7) is 2.06. The van der Waals surface area contributed by atoms with Crippen molar-refractivity contribution >= 4 is 54.0 Å². The van der Waals surface area contributed by atoms with Crippen LogP contribution in [0.2, 0.25) is 0 Å². The summed E-state index contributed by atoms with van der Waals surface area (Å²) in [5.74, 6) is 0. The summed E-state index contributed by atoms with van der Waals surface area (Å²) in [6, 6.07) is 11.9. The van der Waals surface area contributed by atoms with Gasteiger partial charge < -0.3 is 11.1 Å². The molecule has 3 nitrogen and oxygen atoms in total. The Kier molecular flexibility index (Phi) is 3.16. The molecule has 96 valence electrons. The van der Waals surface area contributed by atoms with Crippen LogP contribution in [0, 0.1) is 6.92 Å². The molecule has 0 saturated heterocycles. The summed E-state index contributed by atoms with van der Waals surface area (Å²) in [5, 5.41) is 4.21. The zero-order valence-corrected chi connectivity index (χ0v) is 12.7. The first-order chi connectivity index (χ1) is 9.13. The first-order valence-electron chi connectivity index (χ1n) is 5.82. The number of aromatic nitrogens is 1. The van der Waals surface area contributed by atoms with E-state index in [0.29, 0.717) is 0 Å². The van der Waals surface area contributed by atoms with Gasteiger partial charge in [-0.3, -0.25) is 0 Å². The van der Waals surface area contributed by atoms with Crippen LogP contribution in [0.5, 0.6) is 0 Å². The number of fused-ring (bicyclic) bond motifs is 1. The highest BCUT2D eigenvalue weighted by Gasteiger charge is 2.07. The highest BCUT2D eigenvalue weighted by molar-refractivity contribution is 9.10. The number of thiazole rings is 1. The van der Waals surface area contributed by atoms with Gasteiger partial charge in [-0.1, -0.05) is 23.5 Å². The van der Waals surface area contributed by atoms with Crippen molar-refractivity contribution in [2.24, 2.45) is 0 Å². The van der Waals surface area contributed by atoms with E-state index in [1.807, 2.05) is 30.3 Å². The SMILES string of the molecule is Cc1cccc(Nc2nc3ccc(N)cc3s2)c1Br. The van der Waals surface area contributed by atoms with Gasteiger partial charge >= 0.3 is 0 Å². The minimum absolute atomic E-state index is 0.763. The number of anilines is 3. The van der Waals surface area contributed by atoms with Crippen LogP contribution in [0.15, 0.2) is 40.9 Å². The van der Waals surface area contributed by atoms with Crippen LogP contribution in [0.4, 0.5) is 16.5 Å². The topological polar surface area (TPSA) is 50.9 Å². The van der Waals surface area contributed by atoms with E-state index in [1.54, 1.807) is 11.3 Å². The Hall–Kier alpha value is -1.59. The fraction of sp³-hybridized carbons (Fsp3) is 0.0714. The van der Waals surface area contributed by atoms with Crippen molar-refractivity contribution in [3.05, 3.63) is 46.4 Å². The summed E-state index contributed by atoms with van der Waals surface area (Å²) in [5.41, 5.74) is 9.72. The van der Waals surface area contributed by atoms with Crippen molar-refractivity contribution in [3.63, 3.8) is 0 Å². The molecule has 5 heteroatoms. The van der Waals surface area contributed by atoms with Crippen LogP contribution >= 0.6 is 27.3 Å². The van der Waals surface area contributed by atoms with Crippen molar-refractivity contribution in [1.82, 2.24) is 4.98 Å². The van der Waals surface area contributed by atoms with E-state index in [9.17, 15) is 0 Å². The summed E-state index contributed by atoms with van der Waals surface area (Å²) in [6.07, 6.45) is 0. The van der Waals surface area contributed by atoms with Gasteiger partial charge in [-0.15, -0.1) is 0 Å². The summed E-state index contributed by atoms with van der Waals surface area (Å²) >= 11 is 5.19. The third kappa shape index (κ3) is 2.43. The zero-order chi connectivity index (χ0) is 13.4. The molecule has 0 amide bonds. The van der Waals surface area contributed by atoms with E-state index < -0.39 is 0 Å². The average molecular weight is 334 g/mol. The summed E-state index contributed by atoms with van der Waals surface area (Å²) < 4.78 is 2.15. The van der Waals surface area contributed by atoms with Crippen molar-refractivity contribution < 1.29 is 0 Å². The fourth-order valence-electron chi connectivity index (χ4n) is 1.85. The van der Waals surface area contributed by atoms with E-state index in [1.165, 1.54) is 5.56 Å². The van der Waals surface area contributed by atoms with Gasteiger partial charge in [0.15, 0.2) is 5.13 Å². The number of aryl methyl sites for hydroxylation is 1. The minimum atomic E-state index is 0.763. The molecule has 19 heavy (non-hydrogen) atoms. The van der Waals surface area contributed by atoms with Gasteiger partial charge in [-0.05, 0) is 52.7 Å². The van der Waals surface area contributed by atoms with Gasteiger partial charge in [0, 0.05) is 10.2 Å². The van der Waals surface area contributed by atoms with Gasteiger partial charge in [-0.2, -0.15) is 0 Å². The molecule has 0 spiro atoms. The molecule has 0 bridgehead atoms. The molecule has 0 aliphatic carbocycles. The van der Waals surface area contributed by atoms with Crippen LogP contribution < -0.4 is 11.1 Å². The normalized spacial score (nSPS) is 10.8. The molecule has 3 N–H and O–H groups in total. The Bertz CT molecular complexity index is 752. The smallest absolute Gasteiger partial charge is 0.188 e. The Balaban J connectivity index is 1.99. The average Bonchev–Trinajstić information content (AvgIpc) is 2.76. The fourth-order valence-corrected chi connectivity index (χ4v) is 3.14.